The van der Waals surface area contributed by atoms with Crippen molar-refractivity contribution >= 4 is 5.69 Å². The second kappa shape index (κ2) is 4.10. The van der Waals surface area contributed by atoms with Crippen molar-refractivity contribution < 1.29 is 0 Å². The molecule has 1 heterocycles. The summed E-state index contributed by atoms with van der Waals surface area (Å²) in [6, 6.07) is 7.76. The van der Waals surface area contributed by atoms with Gasteiger partial charge in [-0.2, -0.15) is 0 Å². The zero-order valence-corrected chi connectivity index (χ0v) is 9.78. The first-order valence-corrected chi connectivity index (χ1v) is 6.47. The summed E-state index contributed by atoms with van der Waals surface area (Å²) in [7, 11) is 0. The molecule has 0 spiro atoms. The smallest absolute Gasteiger partial charge is 0.0402 e. The fourth-order valence-electron chi connectivity index (χ4n) is 2.88. The summed E-state index contributed by atoms with van der Waals surface area (Å²) in [5.74, 6) is 0. The van der Waals surface area contributed by atoms with Gasteiger partial charge in [-0.1, -0.05) is 12.1 Å². The Bertz CT molecular complexity index is 382. The summed E-state index contributed by atoms with van der Waals surface area (Å²) in [6.07, 6.45) is 6.44. The van der Waals surface area contributed by atoms with E-state index < -0.39 is 0 Å². The molecule has 2 N–H and O–H groups in total. The maximum absolute atomic E-state index is 5.60. The van der Waals surface area contributed by atoms with Gasteiger partial charge in [-0.3, -0.25) is 0 Å². The first-order chi connectivity index (χ1) is 7.88. The van der Waals surface area contributed by atoms with Crippen LogP contribution in [0.2, 0.25) is 0 Å². The zero-order chi connectivity index (χ0) is 11.0. The van der Waals surface area contributed by atoms with E-state index in [-0.39, 0.29) is 0 Å². The third-order valence-corrected chi connectivity index (χ3v) is 4.02. The second-order valence-electron chi connectivity index (χ2n) is 5.03. The van der Waals surface area contributed by atoms with Gasteiger partial charge in [0.15, 0.2) is 0 Å². The Labute approximate surface area is 97.4 Å². The highest BCUT2D eigenvalue weighted by Gasteiger charge is 2.29. The van der Waals surface area contributed by atoms with E-state index >= 15 is 0 Å². The van der Waals surface area contributed by atoms with Crippen LogP contribution in [-0.2, 0) is 12.8 Å². The maximum Gasteiger partial charge on any atom is 0.0402 e. The standard InChI is InChI=1S/C14H20N2/c15-8-6-11-4-5-14-12(10-11)7-9-16(14)13-2-1-3-13/h4-5,10,13H,1-3,6-9,15H2. The highest BCUT2D eigenvalue weighted by atomic mass is 15.2. The van der Waals surface area contributed by atoms with E-state index in [1.807, 2.05) is 0 Å². The van der Waals surface area contributed by atoms with Crippen LogP contribution in [0.1, 0.15) is 30.4 Å². The summed E-state index contributed by atoms with van der Waals surface area (Å²) < 4.78 is 0. The van der Waals surface area contributed by atoms with Gasteiger partial charge in [0.2, 0.25) is 0 Å². The van der Waals surface area contributed by atoms with Crippen LogP contribution in [0.15, 0.2) is 18.2 Å². The van der Waals surface area contributed by atoms with E-state index in [1.54, 1.807) is 0 Å². The molecule has 86 valence electrons. The number of hydrogen-bond acceptors (Lipinski definition) is 2. The van der Waals surface area contributed by atoms with Crippen molar-refractivity contribution in [1.82, 2.24) is 0 Å². The number of fused-ring (bicyclic) bond motifs is 1. The zero-order valence-electron chi connectivity index (χ0n) is 9.78. The average Bonchev–Trinajstić information content (AvgIpc) is 2.60. The van der Waals surface area contributed by atoms with Crippen LogP contribution in [0.5, 0.6) is 0 Å². The van der Waals surface area contributed by atoms with Gasteiger partial charge >= 0.3 is 0 Å². The molecular formula is C14H20N2. The quantitative estimate of drug-likeness (QED) is 0.838. The topological polar surface area (TPSA) is 29.3 Å². The minimum absolute atomic E-state index is 0.755. The number of nitrogens with two attached hydrogens (primary N) is 1. The Morgan fingerprint density at radius 1 is 1.31 bits per heavy atom. The molecule has 0 aromatic heterocycles. The lowest BCUT2D eigenvalue weighted by molar-refractivity contribution is 0.392. The lowest BCUT2D eigenvalue weighted by Gasteiger charge is -2.36. The summed E-state index contributed by atoms with van der Waals surface area (Å²) in [5.41, 5.74) is 10.0. The molecule has 1 fully saturated rings. The van der Waals surface area contributed by atoms with Gasteiger partial charge in [0, 0.05) is 18.3 Å². The predicted octanol–water partition coefficient (Wildman–Crippen LogP) is 2.10. The van der Waals surface area contributed by atoms with Crippen LogP contribution in [0.4, 0.5) is 5.69 Å². The molecule has 2 aliphatic rings. The Kier molecular flexibility index (Phi) is 2.60. The molecule has 1 aromatic carbocycles. The van der Waals surface area contributed by atoms with Crippen molar-refractivity contribution in [1.29, 1.82) is 0 Å². The average molecular weight is 216 g/mol. The molecule has 16 heavy (non-hydrogen) atoms. The van der Waals surface area contributed by atoms with Crippen LogP contribution < -0.4 is 10.6 Å². The third-order valence-electron chi connectivity index (χ3n) is 4.02. The Morgan fingerprint density at radius 3 is 2.88 bits per heavy atom. The van der Waals surface area contributed by atoms with Crippen molar-refractivity contribution in [2.45, 2.75) is 38.1 Å². The van der Waals surface area contributed by atoms with Gasteiger partial charge in [0.25, 0.3) is 0 Å². The van der Waals surface area contributed by atoms with Crippen LogP contribution in [0.3, 0.4) is 0 Å². The van der Waals surface area contributed by atoms with Crippen LogP contribution in [0.25, 0.3) is 0 Å². The minimum atomic E-state index is 0.755. The normalized spacial score (nSPS) is 19.7. The fraction of sp³-hybridized carbons (Fsp3) is 0.571. The molecule has 1 saturated carbocycles. The van der Waals surface area contributed by atoms with Crippen LogP contribution in [0, 0.1) is 0 Å². The van der Waals surface area contributed by atoms with Crippen molar-refractivity contribution in [3.05, 3.63) is 29.3 Å². The lowest BCUT2D eigenvalue weighted by atomic mass is 9.91. The molecule has 0 unspecified atom stereocenters. The Balaban J connectivity index is 1.83. The van der Waals surface area contributed by atoms with Gasteiger partial charge in [0.1, 0.15) is 0 Å². The third kappa shape index (κ3) is 1.61. The number of hydrogen-bond donors (Lipinski definition) is 1. The molecule has 2 nitrogen and oxygen atoms in total. The van der Waals surface area contributed by atoms with E-state index in [1.165, 1.54) is 49.0 Å². The number of benzene rings is 1. The molecule has 0 amide bonds. The molecular weight excluding hydrogens is 196 g/mol. The van der Waals surface area contributed by atoms with E-state index in [0.717, 1.165) is 19.0 Å². The van der Waals surface area contributed by atoms with Gasteiger partial charge in [0.05, 0.1) is 0 Å². The first-order valence-electron chi connectivity index (χ1n) is 6.47. The number of anilines is 1. The van der Waals surface area contributed by atoms with Crippen molar-refractivity contribution in [2.75, 3.05) is 18.0 Å². The summed E-state index contributed by atoms with van der Waals surface area (Å²) in [5, 5.41) is 0. The molecule has 0 saturated heterocycles. The maximum atomic E-state index is 5.60. The van der Waals surface area contributed by atoms with E-state index in [2.05, 4.69) is 23.1 Å². The number of rotatable bonds is 3. The summed E-state index contributed by atoms with van der Waals surface area (Å²) in [4.78, 5) is 2.62. The van der Waals surface area contributed by atoms with E-state index in [9.17, 15) is 0 Å². The van der Waals surface area contributed by atoms with Gasteiger partial charge in [-0.15, -0.1) is 0 Å². The monoisotopic (exact) mass is 216 g/mol. The van der Waals surface area contributed by atoms with E-state index in [4.69, 9.17) is 5.73 Å². The van der Waals surface area contributed by atoms with Gasteiger partial charge < -0.3 is 10.6 Å². The SMILES string of the molecule is NCCc1ccc2c(c1)CCN2C1CCC1. The predicted molar refractivity (Wildman–Crippen MR) is 67.9 cm³/mol. The van der Waals surface area contributed by atoms with Crippen LogP contribution >= 0.6 is 0 Å². The fourth-order valence-corrected chi connectivity index (χ4v) is 2.88. The summed E-state index contributed by atoms with van der Waals surface area (Å²) >= 11 is 0. The molecule has 1 aliphatic carbocycles. The Morgan fingerprint density at radius 2 is 2.19 bits per heavy atom. The van der Waals surface area contributed by atoms with Crippen molar-refractivity contribution in [3.63, 3.8) is 0 Å². The molecule has 2 heteroatoms. The van der Waals surface area contributed by atoms with Crippen molar-refractivity contribution in [2.24, 2.45) is 5.73 Å². The highest BCUT2D eigenvalue weighted by Crippen LogP contribution is 2.36. The molecule has 0 bridgehead atoms. The van der Waals surface area contributed by atoms with Crippen molar-refractivity contribution in [3.8, 4) is 0 Å². The Hall–Kier alpha value is -1.02. The molecule has 1 aromatic rings. The molecule has 1 aliphatic heterocycles. The minimum Gasteiger partial charge on any atom is -0.368 e. The summed E-state index contributed by atoms with van der Waals surface area (Å²) in [6.45, 7) is 1.98. The van der Waals surface area contributed by atoms with Gasteiger partial charge in [-0.25, -0.2) is 0 Å². The first kappa shape index (κ1) is 10.2. The van der Waals surface area contributed by atoms with Gasteiger partial charge in [-0.05, 0) is 55.8 Å². The molecule has 0 radical (unpaired) electrons. The largest absolute Gasteiger partial charge is 0.368 e. The van der Waals surface area contributed by atoms with E-state index in [0.29, 0.717) is 0 Å². The molecule has 0 atom stereocenters. The number of nitrogens with zero attached hydrogens (tertiary/aromatic N) is 1. The lowest BCUT2D eigenvalue weighted by Crippen LogP contribution is -2.38. The second-order valence-corrected chi connectivity index (χ2v) is 5.03. The molecule has 3 rings (SSSR count). The van der Waals surface area contributed by atoms with Crippen LogP contribution in [-0.4, -0.2) is 19.1 Å². The highest BCUT2D eigenvalue weighted by molar-refractivity contribution is 5.60.